The first-order valence-corrected chi connectivity index (χ1v) is 6.41. The normalized spacial score (nSPS) is 11.4. The Morgan fingerprint density at radius 1 is 1.00 bits per heavy atom. The van der Waals surface area contributed by atoms with E-state index in [0.717, 1.165) is 22.4 Å². The Morgan fingerprint density at radius 2 is 1.74 bits per heavy atom. The number of hydrogen-bond acceptors (Lipinski definition) is 3. The van der Waals surface area contributed by atoms with Gasteiger partial charge in [-0.2, -0.15) is 0 Å². The van der Waals surface area contributed by atoms with E-state index in [9.17, 15) is 0 Å². The van der Waals surface area contributed by atoms with Gasteiger partial charge >= 0.3 is 0 Å². The molecule has 0 radical (unpaired) electrons. The van der Waals surface area contributed by atoms with E-state index in [-0.39, 0.29) is 0 Å². The Morgan fingerprint density at radius 3 is 2.42 bits per heavy atom. The highest BCUT2D eigenvalue weighted by Crippen LogP contribution is 2.25. The maximum atomic E-state index is 4.48. The van der Waals surface area contributed by atoms with Gasteiger partial charge in [0.15, 0.2) is 5.65 Å². The molecule has 0 spiro atoms. The summed E-state index contributed by atoms with van der Waals surface area (Å²) in [6, 6.07) is 8.66. The molecule has 0 N–H and O–H groups in total. The van der Waals surface area contributed by atoms with Gasteiger partial charge in [0, 0.05) is 11.6 Å². The summed E-state index contributed by atoms with van der Waals surface area (Å²) < 4.78 is 2.06. The summed E-state index contributed by atoms with van der Waals surface area (Å²) >= 11 is 0. The molecule has 0 saturated carbocycles. The molecule has 1 aromatic carbocycles. The minimum Gasteiger partial charge on any atom is -0.313 e. The van der Waals surface area contributed by atoms with Crippen molar-refractivity contribution in [1.82, 2.24) is 19.5 Å². The van der Waals surface area contributed by atoms with Crippen molar-refractivity contribution < 1.29 is 0 Å². The fourth-order valence-corrected chi connectivity index (χ4v) is 2.15. The summed E-state index contributed by atoms with van der Waals surface area (Å²) in [5.74, 6) is 0. The maximum absolute atomic E-state index is 4.48. The summed E-state index contributed by atoms with van der Waals surface area (Å²) in [5.41, 5.74) is 4.96. The average molecular weight is 252 g/mol. The van der Waals surface area contributed by atoms with E-state index in [1.54, 1.807) is 6.33 Å². The Balaban J connectivity index is 2.22. The van der Waals surface area contributed by atoms with Crippen LogP contribution in [0.2, 0.25) is 0 Å². The molecule has 4 heteroatoms. The zero-order chi connectivity index (χ0) is 13.4. The van der Waals surface area contributed by atoms with Crippen LogP contribution in [0.15, 0.2) is 36.9 Å². The Hall–Kier alpha value is -2.23. The van der Waals surface area contributed by atoms with Gasteiger partial charge in [0.05, 0.1) is 6.33 Å². The SMILES string of the molecule is Cc1ccc(-c2ncnc3c2ncn3C(C)C)cc1. The molecule has 0 aliphatic carbocycles. The van der Waals surface area contributed by atoms with Gasteiger partial charge < -0.3 is 4.57 Å². The molecule has 2 heterocycles. The fraction of sp³-hybridized carbons (Fsp3) is 0.267. The van der Waals surface area contributed by atoms with Crippen molar-refractivity contribution >= 4 is 11.2 Å². The molecule has 0 aliphatic rings. The van der Waals surface area contributed by atoms with Crippen LogP contribution >= 0.6 is 0 Å². The van der Waals surface area contributed by atoms with Crippen LogP contribution in [0.3, 0.4) is 0 Å². The number of benzene rings is 1. The molecule has 0 bridgehead atoms. The van der Waals surface area contributed by atoms with Crippen molar-refractivity contribution in [3.63, 3.8) is 0 Å². The predicted octanol–water partition coefficient (Wildman–Crippen LogP) is 3.38. The monoisotopic (exact) mass is 252 g/mol. The fourth-order valence-electron chi connectivity index (χ4n) is 2.15. The van der Waals surface area contributed by atoms with Crippen LogP contribution in [0, 0.1) is 6.92 Å². The third kappa shape index (κ3) is 1.99. The molecule has 96 valence electrons. The smallest absolute Gasteiger partial charge is 0.164 e. The minimum absolute atomic E-state index is 0.339. The zero-order valence-electron chi connectivity index (χ0n) is 11.3. The molecule has 0 saturated heterocycles. The third-order valence-corrected chi connectivity index (χ3v) is 3.24. The number of aryl methyl sites for hydroxylation is 1. The second-order valence-corrected chi connectivity index (χ2v) is 5.01. The summed E-state index contributed by atoms with van der Waals surface area (Å²) in [5, 5.41) is 0. The maximum Gasteiger partial charge on any atom is 0.164 e. The highest BCUT2D eigenvalue weighted by atomic mass is 15.1. The standard InChI is InChI=1S/C15H16N4/c1-10(2)19-9-18-14-13(16-8-17-15(14)19)12-6-4-11(3)5-7-12/h4-10H,1-3H3. The quantitative estimate of drug-likeness (QED) is 0.702. The first-order chi connectivity index (χ1) is 9.16. The molecule has 3 aromatic rings. The van der Waals surface area contributed by atoms with Gasteiger partial charge in [-0.1, -0.05) is 29.8 Å². The molecule has 0 unspecified atom stereocenters. The van der Waals surface area contributed by atoms with Gasteiger partial charge in [-0.3, -0.25) is 0 Å². The van der Waals surface area contributed by atoms with Gasteiger partial charge in [-0.25, -0.2) is 15.0 Å². The van der Waals surface area contributed by atoms with E-state index >= 15 is 0 Å². The highest BCUT2D eigenvalue weighted by Gasteiger charge is 2.12. The molecule has 0 amide bonds. The van der Waals surface area contributed by atoms with E-state index in [0.29, 0.717) is 6.04 Å². The van der Waals surface area contributed by atoms with E-state index in [1.807, 2.05) is 6.33 Å². The Labute approximate surface area is 112 Å². The average Bonchev–Trinajstić information content (AvgIpc) is 2.83. The van der Waals surface area contributed by atoms with Gasteiger partial charge in [0.1, 0.15) is 17.5 Å². The molecule has 0 fully saturated rings. The van der Waals surface area contributed by atoms with Crippen LogP contribution in [0.1, 0.15) is 25.5 Å². The van der Waals surface area contributed by atoms with Crippen molar-refractivity contribution in [2.24, 2.45) is 0 Å². The first-order valence-electron chi connectivity index (χ1n) is 6.41. The van der Waals surface area contributed by atoms with Crippen LogP contribution < -0.4 is 0 Å². The number of rotatable bonds is 2. The van der Waals surface area contributed by atoms with Gasteiger partial charge in [-0.05, 0) is 20.8 Å². The third-order valence-electron chi connectivity index (χ3n) is 3.24. The molecule has 4 nitrogen and oxygen atoms in total. The number of fused-ring (bicyclic) bond motifs is 1. The minimum atomic E-state index is 0.339. The number of aromatic nitrogens is 4. The van der Waals surface area contributed by atoms with Crippen LogP contribution in [0.5, 0.6) is 0 Å². The van der Waals surface area contributed by atoms with Crippen molar-refractivity contribution in [3.05, 3.63) is 42.5 Å². The molecule has 0 atom stereocenters. The summed E-state index contributed by atoms with van der Waals surface area (Å²) in [6.45, 7) is 6.32. The second-order valence-electron chi connectivity index (χ2n) is 5.01. The summed E-state index contributed by atoms with van der Waals surface area (Å²) in [7, 11) is 0. The van der Waals surface area contributed by atoms with E-state index in [2.05, 4.69) is 64.6 Å². The molecular weight excluding hydrogens is 236 g/mol. The topological polar surface area (TPSA) is 43.6 Å². The van der Waals surface area contributed by atoms with E-state index in [1.165, 1.54) is 5.56 Å². The van der Waals surface area contributed by atoms with Crippen LogP contribution in [0.4, 0.5) is 0 Å². The van der Waals surface area contributed by atoms with Gasteiger partial charge in [0.25, 0.3) is 0 Å². The van der Waals surface area contributed by atoms with Crippen molar-refractivity contribution in [1.29, 1.82) is 0 Å². The van der Waals surface area contributed by atoms with Crippen molar-refractivity contribution in [2.45, 2.75) is 26.8 Å². The lowest BCUT2D eigenvalue weighted by atomic mass is 10.1. The van der Waals surface area contributed by atoms with Crippen LogP contribution in [0.25, 0.3) is 22.4 Å². The largest absolute Gasteiger partial charge is 0.313 e. The summed E-state index contributed by atoms with van der Waals surface area (Å²) in [4.78, 5) is 13.2. The van der Waals surface area contributed by atoms with Crippen LogP contribution in [-0.2, 0) is 0 Å². The molecule has 3 rings (SSSR count). The second kappa shape index (κ2) is 4.46. The molecular formula is C15H16N4. The Kier molecular flexibility index (Phi) is 2.78. The predicted molar refractivity (Wildman–Crippen MR) is 75.9 cm³/mol. The van der Waals surface area contributed by atoms with E-state index in [4.69, 9.17) is 0 Å². The Bertz CT molecular complexity index is 711. The lowest BCUT2D eigenvalue weighted by molar-refractivity contribution is 0.612. The number of imidazole rings is 1. The molecule has 2 aromatic heterocycles. The lowest BCUT2D eigenvalue weighted by Gasteiger charge is -2.07. The zero-order valence-corrected chi connectivity index (χ0v) is 11.3. The van der Waals surface area contributed by atoms with Crippen molar-refractivity contribution in [2.75, 3.05) is 0 Å². The lowest BCUT2D eigenvalue weighted by Crippen LogP contribution is -2.00. The molecule has 19 heavy (non-hydrogen) atoms. The van der Waals surface area contributed by atoms with Gasteiger partial charge in [-0.15, -0.1) is 0 Å². The summed E-state index contributed by atoms with van der Waals surface area (Å²) in [6.07, 6.45) is 3.44. The first kappa shape index (κ1) is 11.8. The molecule has 0 aliphatic heterocycles. The number of hydrogen-bond donors (Lipinski definition) is 0. The highest BCUT2D eigenvalue weighted by molar-refractivity contribution is 5.87. The van der Waals surface area contributed by atoms with Crippen LogP contribution in [-0.4, -0.2) is 19.5 Å². The van der Waals surface area contributed by atoms with Crippen molar-refractivity contribution in [3.8, 4) is 11.3 Å². The van der Waals surface area contributed by atoms with Gasteiger partial charge in [0.2, 0.25) is 0 Å². The number of nitrogens with zero attached hydrogens (tertiary/aromatic N) is 4. The van der Waals surface area contributed by atoms with E-state index < -0.39 is 0 Å².